The van der Waals surface area contributed by atoms with Gasteiger partial charge in [0.25, 0.3) is 0 Å². The molecule has 0 unspecified atom stereocenters. The summed E-state index contributed by atoms with van der Waals surface area (Å²) in [5.41, 5.74) is 5.01. The lowest BCUT2D eigenvalue weighted by Crippen LogP contribution is -2.44. The summed E-state index contributed by atoms with van der Waals surface area (Å²) in [5, 5.41) is 19.8. The Morgan fingerprint density at radius 3 is 2.68 bits per heavy atom. The SMILES string of the molecule is Cc1cc(C)c2ncc(C#N)c(N3CCC(N(C)CCO)CC3)c2c1. The Morgan fingerprint density at radius 2 is 2.04 bits per heavy atom. The first-order valence-corrected chi connectivity index (χ1v) is 8.91. The summed E-state index contributed by atoms with van der Waals surface area (Å²) in [6.07, 6.45) is 3.79. The van der Waals surface area contributed by atoms with Crippen molar-refractivity contribution >= 4 is 16.6 Å². The second-order valence-corrected chi connectivity index (χ2v) is 7.03. The van der Waals surface area contributed by atoms with Gasteiger partial charge in [-0.1, -0.05) is 11.6 Å². The lowest BCUT2D eigenvalue weighted by molar-refractivity contribution is 0.162. The fraction of sp³-hybridized carbons (Fsp3) is 0.500. The minimum atomic E-state index is 0.197. The van der Waals surface area contributed by atoms with Crippen molar-refractivity contribution < 1.29 is 5.11 Å². The van der Waals surface area contributed by atoms with Crippen molar-refractivity contribution in [2.75, 3.05) is 38.2 Å². The van der Waals surface area contributed by atoms with Gasteiger partial charge in [-0.05, 0) is 45.4 Å². The third kappa shape index (κ3) is 3.46. The van der Waals surface area contributed by atoms with Gasteiger partial charge in [-0.2, -0.15) is 5.26 Å². The number of hydrogen-bond donors (Lipinski definition) is 1. The van der Waals surface area contributed by atoms with Crippen LogP contribution in [-0.4, -0.2) is 54.3 Å². The third-order valence-corrected chi connectivity index (χ3v) is 5.26. The number of benzene rings is 1. The molecule has 3 rings (SSSR count). The molecule has 1 aliphatic rings. The zero-order valence-electron chi connectivity index (χ0n) is 15.3. The van der Waals surface area contributed by atoms with E-state index in [1.165, 1.54) is 5.56 Å². The van der Waals surface area contributed by atoms with Crippen molar-refractivity contribution in [3.63, 3.8) is 0 Å². The van der Waals surface area contributed by atoms with E-state index in [2.05, 4.69) is 53.9 Å². The molecule has 0 amide bonds. The largest absolute Gasteiger partial charge is 0.395 e. The zero-order valence-corrected chi connectivity index (χ0v) is 15.3. The maximum atomic E-state index is 9.60. The molecule has 2 heterocycles. The molecule has 0 atom stereocenters. The smallest absolute Gasteiger partial charge is 0.103 e. The highest BCUT2D eigenvalue weighted by atomic mass is 16.3. The molecule has 2 aromatic rings. The van der Waals surface area contributed by atoms with E-state index in [4.69, 9.17) is 5.11 Å². The van der Waals surface area contributed by atoms with Gasteiger partial charge in [0.2, 0.25) is 0 Å². The second-order valence-electron chi connectivity index (χ2n) is 7.03. The Kier molecular flexibility index (Phi) is 5.22. The molecular weight excluding hydrogens is 312 g/mol. The molecule has 0 saturated carbocycles. The topological polar surface area (TPSA) is 63.4 Å². The van der Waals surface area contributed by atoms with Gasteiger partial charge in [0.15, 0.2) is 0 Å². The van der Waals surface area contributed by atoms with E-state index in [9.17, 15) is 5.26 Å². The Labute approximate surface area is 149 Å². The quantitative estimate of drug-likeness (QED) is 0.928. The van der Waals surface area contributed by atoms with E-state index in [0.29, 0.717) is 18.2 Å². The van der Waals surface area contributed by atoms with Crippen LogP contribution >= 0.6 is 0 Å². The Bertz CT molecular complexity index is 803. The summed E-state index contributed by atoms with van der Waals surface area (Å²) in [6.45, 7) is 6.91. The Balaban J connectivity index is 1.95. The Hall–Kier alpha value is -2.16. The van der Waals surface area contributed by atoms with Crippen LogP contribution in [0.25, 0.3) is 10.9 Å². The molecule has 25 heavy (non-hydrogen) atoms. The zero-order chi connectivity index (χ0) is 18.0. The number of anilines is 1. The molecular formula is C20H26N4O. The van der Waals surface area contributed by atoms with Crippen LogP contribution in [0.3, 0.4) is 0 Å². The predicted molar refractivity (Wildman–Crippen MR) is 101 cm³/mol. The molecule has 0 spiro atoms. The van der Waals surface area contributed by atoms with E-state index < -0.39 is 0 Å². The Morgan fingerprint density at radius 1 is 1.32 bits per heavy atom. The van der Waals surface area contributed by atoms with Crippen LogP contribution in [0.2, 0.25) is 0 Å². The van der Waals surface area contributed by atoms with Crippen LogP contribution in [-0.2, 0) is 0 Å². The van der Waals surface area contributed by atoms with Gasteiger partial charge in [-0.3, -0.25) is 4.98 Å². The monoisotopic (exact) mass is 338 g/mol. The van der Waals surface area contributed by atoms with Crippen LogP contribution < -0.4 is 4.90 Å². The van der Waals surface area contributed by atoms with E-state index >= 15 is 0 Å². The summed E-state index contributed by atoms with van der Waals surface area (Å²) in [4.78, 5) is 9.11. The van der Waals surface area contributed by atoms with Crippen molar-refractivity contribution in [3.05, 3.63) is 35.0 Å². The number of piperidine rings is 1. The van der Waals surface area contributed by atoms with Crippen LogP contribution in [0.4, 0.5) is 5.69 Å². The summed E-state index contributed by atoms with van der Waals surface area (Å²) in [7, 11) is 2.08. The molecule has 5 heteroatoms. The van der Waals surface area contributed by atoms with Crippen LogP contribution in [0.15, 0.2) is 18.3 Å². The number of rotatable bonds is 4. The molecule has 1 saturated heterocycles. The third-order valence-electron chi connectivity index (χ3n) is 5.26. The van der Waals surface area contributed by atoms with E-state index in [1.807, 2.05) is 0 Å². The van der Waals surface area contributed by atoms with Gasteiger partial charge >= 0.3 is 0 Å². The number of hydrogen-bond acceptors (Lipinski definition) is 5. The number of aryl methyl sites for hydroxylation is 2. The average molecular weight is 338 g/mol. The molecule has 1 fully saturated rings. The fourth-order valence-corrected chi connectivity index (χ4v) is 3.94. The maximum absolute atomic E-state index is 9.60. The lowest BCUT2D eigenvalue weighted by atomic mass is 9.99. The first-order chi connectivity index (χ1) is 12.0. The summed E-state index contributed by atoms with van der Waals surface area (Å²) >= 11 is 0. The molecule has 0 bridgehead atoms. The molecule has 132 valence electrons. The second kappa shape index (κ2) is 7.38. The van der Waals surface area contributed by atoms with E-state index in [-0.39, 0.29) is 6.61 Å². The molecule has 1 aliphatic heterocycles. The number of aromatic nitrogens is 1. The van der Waals surface area contributed by atoms with Gasteiger partial charge < -0.3 is 14.9 Å². The molecule has 5 nitrogen and oxygen atoms in total. The van der Waals surface area contributed by atoms with Gasteiger partial charge in [0.05, 0.1) is 23.4 Å². The highest BCUT2D eigenvalue weighted by Crippen LogP contribution is 2.33. The normalized spacial score (nSPS) is 15.8. The number of likely N-dealkylation sites (N-methyl/N-ethyl adjacent to an activating group) is 1. The van der Waals surface area contributed by atoms with Gasteiger partial charge in [0.1, 0.15) is 6.07 Å². The van der Waals surface area contributed by atoms with Gasteiger partial charge in [0, 0.05) is 37.3 Å². The van der Waals surface area contributed by atoms with Crippen molar-refractivity contribution in [2.45, 2.75) is 32.7 Å². The minimum Gasteiger partial charge on any atom is -0.395 e. The van der Waals surface area contributed by atoms with E-state index in [0.717, 1.165) is 48.1 Å². The number of aliphatic hydroxyl groups excluding tert-OH is 1. The molecule has 1 aromatic heterocycles. The highest BCUT2D eigenvalue weighted by Gasteiger charge is 2.25. The van der Waals surface area contributed by atoms with Crippen molar-refractivity contribution in [1.29, 1.82) is 5.26 Å². The number of pyridine rings is 1. The van der Waals surface area contributed by atoms with Gasteiger partial charge in [-0.25, -0.2) is 0 Å². The van der Waals surface area contributed by atoms with Crippen molar-refractivity contribution in [3.8, 4) is 6.07 Å². The number of nitriles is 1. The van der Waals surface area contributed by atoms with Crippen molar-refractivity contribution in [2.24, 2.45) is 0 Å². The average Bonchev–Trinajstić information content (AvgIpc) is 2.61. The lowest BCUT2D eigenvalue weighted by Gasteiger charge is -2.38. The van der Waals surface area contributed by atoms with E-state index in [1.54, 1.807) is 6.20 Å². The van der Waals surface area contributed by atoms with Crippen molar-refractivity contribution in [1.82, 2.24) is 9.88 Å². The van der Waals surface area contributed by atoms with Crippen LogP contribution in [0.1, 0.15) is 29.5 Å². The highest BCUT2D eigenvalue weighted by molar-refractivity contribution is 5.96. The van der Waals surface area contributed by atoms with Gasteiger partial charge in [-0.15, -0.1) is 0 Å². The first kappa shape index (κ1) is 17.7. The maximum Gasteiger partial charge on any atom is 0.103 e. The standard InChI is InChI=1S/C20H26N4O/c1-14-10-15(2)19-18(11-14)20(16(12-21)13-22-19)24-6-4-17(5-7-24)23(3)8-9-25/h10-11,13,17,25H,4-9H2,1-3H3. The summed E-state index contributed by atoms with van der Waals surface area (Å²) in [6, 6.07) is 7.11. The summed E-state index contributed by atoms with van der Waals surface area (Å²) in [5.74, 6) is 0. The number of fused-ring (bicyclic) bond motifs is 1. The molecule has 0 radical (unpaired) electrons. The number of aliphatic hydroxyl groups is 1. The van der Waals surface area contributed by atoms with Crippen LogP contribution in [0.5, 0.6) is 0 Å². The number of nitrogens with zero attached hydrogens (tertiary/aromatic N) is 4. The molecule has 1 aromatic carbocycles. The minimum absolute atomic E-state index is 0.197. The molecule has 0 aliphatic carbocycles. The van der Waals surface area contributed by atoms with Crippen LogP contribution in [0, 0.1) is 25.2 Å². The predicted octanol–water partition coefficient (Wildman–Crippen LogP) is 2.62. The fourth-order valence-electron chi connectivity index (χ4n) is 3.94. The molecule has 1 N–H and O–H groups in total. The summed E-state index contributed by atoms with van der Waals surface area (Å²) < 4.78 is 0. The first-order valence-electron chi connectivity index (χ1n) is 8.91.